The monoisotopic (exact) mass is 439 g/mol. The van der Waals surface area contributed by atoms with E-state index in [4.69, 9.17) is 4.74 Å². The minimum atomic E-state index is -0.466. The smallest absolute Gasteiger partial charge is 0.407 e. The lowest BCUT2D eigenvalue weighted by molar-refractivity contribution is 0.141. The van der Waals surface area contributed by atoms with Gasteiger partial charge in [-0.25, -0.2) is 4.79 Å². The molecule has 0 spiro atoms. The summed E-state index contributed by atoms with van der Waals surface area (Å²) in [5.74, 6) is 0.157. The zero-order chi connectivity index (χ0) is 16.7. The molecule has 0 heterocycles. The molecule has 0 radical (unpaired) electrons. The van der Waals surface area contributed by atoms with Gasteiger partial charge in [0.25, 0.3) is 0 Å². The third kappa shape index (κ3) is 5.73. The molecule has 2 aromatic rings. The summed E-state index contributed by atoms with van der Waals surface area (Å²) >= 11 is 6.54. The van der Waals surface area contributed by atoms with Crippen molar-refractivity contribution < 1.29 is 14.6 Å². The normalized spacial score (nSPS) is 10.7. The van der Waals surface area contributed by atoms with Crippen molar-refractivity contribution in [2.24, 2.45) is 0 Å². The molecule has 0 aromatic heterocycles. The number of hydrogen-bond acceptors (Lipinski definition) is 3. The first kappa shape index (κ1) is 17.6. The van der Waals surface area contributed by atoms with E-state index >= 15 is 0 Å². The topological polar surface area (TPSA) is 58.6 Å². The Balaban J connectivity index is 1.77. The number of ether oxygens (including phenoxy) is 1. The molecule has 0 aliphatic heterocycles. The molecule has 0 bridgehead atoms. The van der Waals surface area contributed by atoms with Gasteiger partial charge in [0.05, 0.1) is 8.95 Å². The van der Waals surface area contributed by atoms with E-state index in [1.807, 2.05) is 36.4 Å². The molecule has 4 nitrogen and oxygen atoms in total. The van der Waals surface area contributed by atoms with Crippen LogP contribution < -0.4 is 5.32 Å². The van der Waals surface area contributed by atoms with Gasteiger partial charge in [0.1, 0.15) is 12.4 Å². The molecule has 0 unspecified atom stereocenters. The van der Waals surface area contributed by atoms with Crippen molar-refractivity contribution in [2.45, 2.75) is 6.61 Å². The maximum absolute atomic E-state index is 11.6. The number of alkyl carbamates (subject to hydrolysis) is 1. The quantitative estimate of drug-likeness (QED) is 0.698. The summed E-state index contributed by atoms with van der Waals surface area (Å²) in [4.78, 5) is 11.6. The van der Waals surface area contributed by atoms with Crippen LogP contribution in [-0.4, -0.2) is 17.7 Å². The number of aromatic hydroxyl groups is 1. The van der Waals surface area contributed by atoms with E-state index in [2.05, 4.69) is 37.2 Å². The minimum Gasteiger partial charge on any atom is -0.506 e. The Morgan fingerprint density at radius 1 is 1.17 bits per heavy atom. The first-order chi connectivity index (χ1) is 11.1. The molecule has 0 fully saturated rings. The number of phenolic OH excluding ortho intramolecular Hbond substituents is 1. The van der Waals surface area contributed by atoms with Crippen LogP contribution in [0.15, 0.2) is 57.5 Å². The second kappa shape index (κ2) is 8.74. The van der Waals surface area contributed by atoms with Gasteiger partial charge in [0.15, 0.2) is 0 Å². The van der Waals surface area contributed by atoms with Crippen molar-refractivity contribution in [3.05, 3.63) is 68.6 Å². The molecule has 0 aliphatic rings. The lowest BCUT2D eigenvalue weighted by Gasteiger charge is -2.05. The number of phenols is 1. The summed E-state index contributed by atoms with van der Waals surface area (Å²) in [6.45, 7) is 0.595. The molecule has 0 saturated carbocycles. The highest BCUT2D eigenvalue weighted by atomic mass is 79.9. The summed E-state index contributed by atoms with van der Waals surface area (Å²) in [6.07, 6.45) is 3.17. The second-order valence-electron chi connectivity index (χ2n) is 4.68. The van der Waals surface area contributed by atoms with E-state index in [-0.39, 0.29) is 12.4 Å². The molecule has 2 aromatic carbocycles. The van der Waals surface area contributed by atoms with Gasteiger partial charge in [0.2, 0.25) is 0 Å². The summed E-state index contributed by atoms with van der Waals surface area (Å²) in [7, 11) is 0. The van der Waals surface area contributed by atoms with Gasteiger partial charge in [-0.15, -0.1) is 0 Å². The first-order valence-corrected chi connectivity index (χ1v) is 8.44. The van der Waals surface area contributed by atoms with Gasteiger partial charge in [0, 0.05) is 6.54 Å². The number of nitrogens with one attached hydrogen (secondary N) is 1. The Hall–Kier alpha value is -1.79. The SMILES string of the molecule is O=C(NCC=Cc1cc(Br)c(O)c(Br)c1)OCc1ccccc1. The van der Waals surface area contributed by atoms with Crippen LogP contribution in [0.1, 0.15) is 11.1 Å². The standard InChI is InChI=1S/C17H15Br2NO3/c18-14-9-13(10-15(19)16(14)21)7-4-8-20-17(22)23-11-12-5-2-1-3-6-12/h1-7,9-10,21H,8,11H2,(H,20,22). The molecule has 6 heteroatoms. The molecule has 23 heavy (non-hydrogen) atoms. The van der Waals surface area contributed by atoms with Crippen molar-refractivity contribution in [3.63, 3.8) is 0 Å². The third-order valence-corrected chi connectivity index (χ3v) is 4.14. The highest BCUT2D eigenvalue weighted by Crippen LogP contribution is 2.33. The van der Waals surface area contributed by atoms with Gasteiger partial charge in [-0.05, 0) is 55.1 Å². The predicted octanol–water partition coefficient (Wildman–Crippen LogP) is 4.86. The maximum Gasteiger partial charge on any atom is 0.407 e. The zero-order valence-electron chi connectivity index (χ0n) is 12.1. The number of benzene rings is 2. The van der Waals surface area contributed by atoms with Crippen molar-refractivity contribution in [1.82, 2.24) is 5.32 Å². The van der Waals surface area contributed by atoms with Crippen molar-refractivity contribution in [1.29, 1.82) is 0 Å². The van der Waals surface area contributed by atoms with Gasteiger partial charge in [-0.1, -0.05) is 42.5 Å². The number of hydrogen-bond donors (Lipinski definition) is 2. The largest absolute Gasteiger partial charge is 0.506 e. The summed E-state index contributed by atoms with van der Waals surface area (Å²) in [5.41, 5.74) is 1.83. The van der Waals surface area contributed by atoms with Crippen molar-refractivity contribution >= 4 is 44.0 Å². The van der Waals surface area contributed by atoms with E-state index in [9.17, 15) is 9.90 Å². The van der Waals surface area contributed by atoms with Gasteiger partial charge in [-0.2, -0.15) is 0 Å². The lowest BCUT2D eigenvalue weighted by Crippen LogP contribution is -2.24. The molecule has 1 amide bonds. The summed E-state index contributed by atoms with van der Waals surface area (Å²) in [5, 5.41) is 12.3. The predicted molar refractivity (Wildman–Crippen MR) is 97.2 cm³/mol. The van der Waals surface area contributed by atoms with Crippen LogP contribution in [0, 0.1) is 0 Å². The molecular weight excluding hydrogens is 426 g/mol. The van der Waals surface area contributed by atoms with E-state index < -0.39 is 6.09 Å². The zero-order valence-corrected chi connectivity index (χ0v) is 15.3. The van der Waals surface area contributed by atoms with Crippen LogP contribution in [0.25, 0.3) is 6.08 Å². The molecule has 120 valence electrons. The Kier molecular flexibility index (Phi) is 6.67. The van der Waals surface area contributed by atoms with E-state index in [0.717, 1.165) is 11.1 Å². The fourth-order valence-electron chi connectivity index (χ4n) is 1.79. The summed E-state index contributed by atoms with van der Waals surface area (Å²) in [6, 6.07) is 13.1. The van der Waals surface area contributed by atoms with Crippen molar-refractivity contribution in [3.8, 4) is 5.75 Å². The van der Waals surface area contributed by atoms with Crippen LogP contribution in [0.5, 0.6) is 5.75 Å². The Bertz CT molecular complexity index is 679. The van der Waals surface area contributed by atoms with Crippen LogP contribution in [0.3, 0.4) is 0 Å². The maximum atomic E-state index is 11.6. The van der Waals surface area contributed by atoms with Gasteiger partial charge < -0.3 is 15.2 Å². The fraction of sp³-hybridized carbons (Fsp3) is 0.118. The number of halogens is 2. The average molecular weight is 441 g/mol. The molecule has 2 rings (SSSR count). The molecule has 2 N–H and O–H groups in total. The Morgan fingerprint density at radius 2 is 1.83 bits per heavy atom. The second-order valence-corrected chi connectivity index (χ2v) is 6.39. The van der Waals surface area contributed by atoms with Gasteiger partial charge in [-0.3, -0.25) is 0 Å². The van der Waals surface area contributed by atoms with Crippen LogP contribution in [0.2, 0.25) is 0 Å². The van der Waals surface area contributed by atoms with E-state index in [1.165, 1.54) is 0 Å². The van der Waals surface area contributed by atoms with E-state index in [0.29, 0.717) is 15.5 Å². The Morgan fingerprint density at radius 3 is 2.48 bits per heavy atom. The first-order valence-electron chi connectivity index (χ1n) is 6.85. The van der Waals surface area contributed by atoms with Crippen molar-refractivity contribution in [2.75, 3.05) is 6.54 Å². The van der Waals surface area contributed by atoms with E-state index in [1.54, 1.807) is 18.2 Å². The Labute approximate surface area is 151 Å². The van der Waals surface area contributed by atoms with Gasteiger partial charge >= 0.3 is 6.09 Å². The van der Waals surface area contributed by atoms with Crippen LogP contribution >= 0.6 is 31.9 Å². The average Bonchev–Trinajstić information content (AvgIpc) is 2.55. The highest BCUT2D eigenvalue weighted by molar-refractivity contribution is 9.11. The number of rotatable bonds is 5. The summed E-state index contributed by atoms with van der Waals surface area (Å²) < 4.78 is 6.30. The van der Waals surface area contributed by atoms with Crippen LogP contribution in [-0.2, 0) is 11.3 Å². The molecule has 0 atom stereocenters. The lowest BCUT2D eigenvalue weighted by atomic mass is 10.2. The molecular formula is C17H15Br2NO3. The fourth-order valence-corrected chi connectivity index (χ4v) is 3.01. The highest BCUT2D eigenvalue weighted by Gasteiger charge is 2.04. The molecule has 0 saturated heterocycles. The number of carbonyl (C=O) groups is 1. The third-order valence-electron chi connectivity index (χ3n) is 2.93. The number of carbonyl (C=O) groups excluding carboxylic acids is 1. The van der Waals surface area contributed by atoms with Crippen LogP contribution in [0.4, 0.5) is 4.79 Å². The minimum absolute atomic E-state index is 0.157. The molecule has 0 aliphatic carbocycles. The number of amides is 1.